The van der Waals surface area contributed by atoms with Crippen LogP contribution < -0.4 is 4.90 Å². The monoisotopic (exact) mass is 429 g/mol. The van der Waals surface area contributed by atoms with Gasteiger partial charge in [-0.3, -0.25) is 14.4 Å². The van der Waals surface area contributed by atoms with Crippen molar-refractivity contribution in [2.45, 2.75) is 20.3 Å². The summed E-state index contributed by atoms with van der Waals surface area (Å²) in [6.45, 7) is 3.88. The molecule has 1 amide bonds. The molecule has 1 fully saturated rings. The predicted octanol–water partition coefficient (Wildman–Crippen LogP) is 3.84. The lowest BCUT2D eigenvalue weighted by Gasteiger charge is -2.18. The lowest BCUT2D eigenvalue weighted by atomic mass is 10.1. The Morgan fingerprint density at radius 1 is 1.11 bits per heavy atom. The van der Waals surface area contributed by atoms with Gasteiger partial charge in [0, 0.05) is 28.7 Å². The van der Waals surface area contributed by atoms with E-state index in [1.54, 1.807) is 29.2 Å². The fourth-order valence-corrected chi connectivity index (χ4v) is 3.46. The molecule has 0 radical (unpaired) electrons. The van der Waals surface area contributed by atoms with Gasteiger partial charge in [-0.15, -0.1) is 0 Å². The molecular formula is C21H20BrNO4. The average Bonchev–Trinajstić information content (AvgIpc) is 3.01. The van der Waals surface area contributed by atoms with Gasteiger partial charge in [-0.05, 0) is 49.2 Å². The summed E-state index contributed by atoms with van der Waals surface area (Å²) in [4.78, 5) is 38.4. The van der Waals surface area contributed by atoms with Crippen LogP contribution in [0, 0.1) is 19.8 Å². The number of esters is 1. The zero-order chi connectivity index (χ0) is 19.6. The van der Waals surface area contributed by atoms with Crippen LogP contribution in [-0.4, -0.2) is 30.8 Å². The maximum atomic E-state index is 12.4. The first-order valence-corrected chi connectivity index (χ1v) is 9.47. The number of Topliss-reactive ketones (excluding diaryl/α,β-unsaturated/α-hetero) is 1. The number of amides is 1. The molecule has 140 valence electrons. The van der Waals surface area contributed by atoms with Crippen LogP contribution in [0.25, 0.3) is 0 Å². The van der Waals surface area contributed by atoms with Crippen LogP contribution in [0.1, 0.15) is 27.9 Å². The summed E-state index contributed by atoms with van der Waals surface area (Å²) < 4.78 is 6.04. The number of halogens is 1. The number of carbonyl (C=O) groups excluding carboxylic acids is 3. The quantitative estimate of drug-likeness (QED) is 0.534. The topological polar surface area (TPSA) is 63.7 Å². The Balaban J connectivity index is 1.60. The number of aryl methyl sites for hydroxylation is 2. The van der Waals surface area contributed by atoms with Gasteiger partial charge in [0.2, 0.25) is 5.91 Å². The minimum absolute atomic E-state index is 0.0955. The highest BCUT2D eigenvalue weighted by molar-refractivity contribution is 9.10. The molecule has 5 nitrogen and oxygen atoms in total. The van der Waals surface area contributed by atoms with Gasteiger partial charge in [0.25, 0.3) is 0 Å². The van der Waals surface area contributed by atoms with E-state index in [-0.39, 0.29) is 31.3 Å². The molecule has 0 N–H and O–H groups in total. The smallest absolute Gasteiger partial charge is 0.311 e. The van der Waals surface area contributed by atoms with Crippen LogP contribution in [0.5, 0.6) is 0 Å². The number of nitrogens with zero attached hydrogens (tertiary/aromatic N) is 1. The van der Waals surface area contributed by atoms with Gasteiger partial charge in [-0.1, -0.05) is 34.1 Å². The molecule has 2 aromatic rings. The number of ether oxygens (including phenoxy) is 1. The summed E-state index contributed by atoms with van der Waals surface area (Å²) in [5.74, 6) is -1.45. The third-order valence-electron chi connectivity index (χ3n) is 4.49. The van der Waals surface area contributed by atoms with Gasteiger partial charge >= 0.3 is 5.97 Å². The van der Waals surface area contributed by atoms with Crippen LogP contribution in [-0.2, 0) is 14.3 Å². The molecule has 1 saturated heterocycles. The molecule has 1 aliphatic heterocycles. The third-order valence-corrected chi connectivity index (χ3v) is 5.02. The first kappa shape index (κ1) is 19.3. The van der Waals surface area contributed by atoms with E-state index in [1.165, 1.54) is 0 Å². The van der Waals surface area contributed by atoms with Crippen LogP contribution in [0.15, 0.2) is 46.9 Å². The van der Waals surface area contributed by atoms with Crippen molar-refractivity contribution < 1.29 is 19.1 Å². The van der Waals surface area contributed by atoms with E-state index in [4.69, 9.17) is 4.74 Å². The summed E-state index contributed by atoms with van der Waals surface area (Å²) in [5, 5.41) is 0. The molecule has 0 aromatic heterocycles. The Morgan fingerprint density at radius 2 is 1.74 bits per heavy atom. The number of carbonyl (C=O) groups is 3. The third kappa shape index (κ3) is 4.63. The Hall–Kier alpha value is -2.47. The molecule has 1 unspecified atom stereocenters. The van der Waals surface area contributed by atoms with Crippen molar-refractivity contribution in [2.75, 3.05) is 18.1 Å². The van der Waals surface area contributed by atoms with Gasteiger partial charge < -0.3 is 9.64 Å². The Kier molecular flexibility index (Phi) is 5.75. The van der Waals surface area contributed by atoms with Gasteiger partial charge in [0.1, 0.15) is 0 Å². The number of rotatable bonds is 5. The highest BCUT2D eigenvalue weighted by Crippen LogP contribution is 2.27. The molecule has 6 heteroatoms. The van der Waals surface area contributed by atoms with Gasteiger partial charge in [0.05, 0.1) is 5.92 Å². The Labute approximate surface area is 166 Å². The van der Waals surface area contributed by atoms with E-state index in [0.717, 1.165) is 21.3 Å². The van der Waals surface area contributed by atoms with E-state index in [1.807, 2.05) is 32.0 Å². The Bertz CT molecular complexity index is 871. The lowest BCUT2D eigenvalue weighted by molar-refractivity contribution is -0.147. The van der Waals surface area contributed by atoms with Crippen molar-refractivity contribution in [3.05, 3.63) is 63.6 Å². The number of benzene rings is 2. The van der Waals surface area contributed by atoms with Crippen molar-refractivity contribution in [2.24, 2.45) is 5.92 Å². The molecule has 0 saturated carbocycles. The number of hydrogen-bond acceptors (Lipinski definition) is 4. The second kappa shape index (κ2) is 8.05. The number of ketones is 1. The maximum absolute atomic E-state index is 12.4. The minimum Gasteiger partial charge on any atom is -0.457 e. The predicted molar refractivity (Wildman–Crippen MR) is 106 cm³/mol. The van der Waals surface area contributed by atoms with E-state index < -0.39 is 11.9 Å². The van der Waals surface area contributed by atoms with Crippen molar-refractivity contribution in [1.82, 2.24) is 0 Å². The summed E-state index contributed by atoms with van der Waals surface area (Å²) in [6.07, 6.45) is 0.0955. The van der Waals surface area contributed by atoms with Crippen molar-refractivity contribution >= 4 is 39.3 Å². The normalized spacial score (nSPS) is 16.5. The summed E-state index contributed by atoms with van der Waals surface area (Å²) >= 11 is 3.31. The summed E-state index contributed by atoms with van der Waals surface area (Å²) in [6, 6.07) is 12.7. The van der Waals surface area contributed by atoms with E-state index in [2.05, 4.69) is 15.9 Å². The molecule has 0 spiro atoms. The summed E-state index contributed by atoms with van der Waals surface area (Å²) in [5.41, 5.74) is 3.39. The molecule has 1 aliphatic rings. The Morgan fingerprint density at radius 3 is 2.37 bits per heavy atom. The minimum atomic E-state index is -0.559. The molecule has 3 rings (SSSR count). The molecule has 0 aliphatic carbocycles. The standard InChI is InChI=1S/C21H20BrNO4/c1-13-7-14(2)9-18(8-13)23-11-16(10-20(23)25)21(26)27-12-19(24)15-3-5-17(22)6-4-15/h3-9,16H,10-12H2,1-2H3. The van der Waals surface area contributed by atoms with Crippen molar-refractivity contribution in [3.63, 3.8) is 0 Å². The van der Waals surface area contributed by atoms with E-state index >= 15 is 0 Å². The largest absolute Gasteiger partial charge is 0.457 e. The van der Waals surface area contributed by atoms with Crippen molar-refractivity contribution in [1.29, 1.82) is 0 Å². The van der Waals surface area contributed by atoms with Crippen LogP contribution in [0.3, 0.4) is 0 Å². The van der Waals surface area contributed by atoms with E-state index in [9.17, 15) is 14.4 Å². The van der Waals surface area contributed by atoms with Gasteiger partial charge in [-0.25, -0.2) is 0 Å². The van der Waals surface area contributed by atoms with Crippen LogP contribution in [0.4, 0.5) is 5.69 Å². The second-order valence-corrected chi connectivity index (χ2v) is 7.70. The second-order valence-electron chi connectivity index (χ2n) is 6.79. The zero-order valence-electron chi connectivity index (χ0n) is 15.2. The fraction of sp³-hybridized carbons (Fsp3) is 0.286. The zero-order valence-corrected chi connectivity index (χ0v) is 16.8. The maximum Gasteiger partial charge on any atom is 0.311 e. The number of anilines is 1. The highest BCUT2D eigenvalue weighted by atomic mass is 79.9. The van der Waals surface area contributed by atoms with Gasteiger partial charge in [-0.2, -0.15) is 0 Å². The SMILES string of the molecule is Cc1cc(C)cc(N2CC(C(=O)OCC(=O)c3ccc(Br)cc3)CC2=O)c1. The van der Waals surface area contributed by atoms with Crippen LogP contribution in [0.2, 0.25) is 0 Å². The molecular weight excluding hydrogens is 410 g/mol. The van der Waals surface area contributed by atoms with Crippen molar-refractivity contribution in [3.8, 4) is 0 Å². The van der Waals surface area contributed by atoms with Gasteiger partial charge in [0.15, 0.2) is 12.4 Å². The molecule has 1 heterocycles. The summed E-state index contributed by atoms with van der Waals surface area (Å²) in [7, 11) is 0. The fourth-order valence-electron chi connectivity index (χ4n) is 3.20. The first-order chi connectivity index (χ1) is 12.8. The number of hydrogen-bond donors (Lipinski definition) is 0. The molecule has 2 aromatic carbocycles. The molecule has 27 heavy (non-hydrogen) atoms. The lowest BCUT2D eigenvalue weighted by Crippen LogP contribution is -2.27. The first-order valence-electron chi connectivity index (χ1n) is 8.67. The molecule has 0 bridgehead atoms. The van der Waals surface area contributed by atoms with E-state index in [0.29, 0.717) is 5.56 Å². The van der Waals surface area contributed by atoms with Crippen LogP contribution >= 0.6 is 15.9 Å². The highest BCUT2D eigenvalue weighted by Gasteiger charge is 2.36. The average molecular weight is 430 g/mol. The molecule has 1 atom stereocenters.